The molecule has 150 valence electrons. The number of pyridine rings is 1. The van der Waals surface area contributed by atoms with Gasteiger partial charge in [0.15, 0.2) is 0 Å². The van der Waals surface area contributed by atoms with Crippen molar-refractivity contribution in [3.63, 3.8) is 0 Å². The summed E-state index contributed by atoms with van der Waals surface area (Å²) < 4.78 is 38.8. The molecular weight excluding hydrogens is 393 g/mol. The van der Waals surface area contributed by atoms with E-state index in [1.54, 1.807) is 26.8 Å². The van der Waals surface area contributed by atoms with Crippen molar-refractivity contribution < 1.29 is 22.8 Å². The number of rotatable bonds is 6. The predicted molar refractivity (Wildman–Crippen MR) is 100 cm³/mol. The van der Waals surface area contributed by atoms with Gasteiger partial charge in [-0.25, -0.2) is 0 Å². The van der Waals surface area contributed by atoms with Crippen LogP contribution in [0.25, 0.3) is 0 Å². The van der Waals surface area contributed by atoms with Gasteiger partial charge in [0.05, 0.1) is 10.6 Å². The molecule has 1 heterocycles. The van der Waals surface area contributed by atoms with Crippen molar-refractivity contribution in [1.82, 2.24) is 10.3 Å². The van der Waals surface area contributed by atoms with Crippen molar-refractivity contribution in [3.8, 4) is 0 Å². The molecule has 4 nitrogen and oxygen atoms in total. The van der Waals surface area contributed by atoms with E-state index in [4.69, 9.17) is 11.6 Å². The minimum Gasteiger partial charge on any atom is -0.348 e. The normalized spacial score (nSPS) is 11.6. The number of aromatic nitrogens is 1. The Morgan fingerprint density at radius 3 is 2.46 bits per heavy atom. The first-order valence-electron chi connectivity index (χ1n) is 8.61. The predicted octanol–water partition coefficient (Wildman–Crippen LogP) is 4.76. The Hall–Kier alpha value is -2.41. The van der Waals surface area contributed by atoms with Crippen LogP contribution in [0.4, 0.5) is 13.2 Å². The van der Waals surface area contributed by atoms with Gasteiger partial charge in [-0.05, 0) is 36.8 Å². The van der Waals surface area contributed by atoms with Crippen LogP contribution in [0.1, 0.15) is 46.7 Å². The summed E-state index contributed by atoms with van der Waals surface area (Å²) in [6, 6.07) is 6.56. The molecule has 0 atom stereocenters. The first kappa shape index (κ1) is 21.9. The molecule has 28 heavy (non-hydrogen) atoms. The van der Waals surface area contributed by atoms with E-state index in [1.165, 1.54) is 12.1 Å². The van der Waals surface area contributed by atoms with Crippen molar-refractivity contribution in [2.24, 2.45) is 5.92 Å². The van der Waals surface area contributed by atoms with Gasteiger partial charge >= 0.3 is 6.18 Å². The number of nitrogens with zero attached hydrogens (tertiary/aromatic N) is 1. The minimum atomic E-state index is -4.57. The molecule has 1 amide bonds. The highest BCUT2D eigenvalue weighted by Crippen LogP contribution is 2.35. The van der Waals surface area contributed by atoms with Crippen molar-refractivity contribution in [2.75, 3.05) is 0 Å². The number of Topliss-reactive ketones (excluding diaryl/α,β-unsaturated/α-hetero) is 1. The molecule has 0 fully saturated rings. The number of carbonyl (C=O) groups excluding carboxylic acids is 2. The van der Waals surface area contributed by atoms with E-state index >= 15 is 0 Å². The maximum atomic E-state index is 12.9. The Morgan fingerprint density at radius 1 is 1.18 bits per heavy atom. The van der Waals surface area contributed by atoms with Crippen LogP contribution < -0.4 is 5.32 Å². The average Bonchev–Trinajstić information content (AvgIpc) is 2.59. The van der Waals surface area contributed by atoms with E-state index in [2.05, 4.69) is 10.3 Å². The van der Waals surface area contributed by atoms with Gasteiger partial charge in [-0.2, -0.15) is 13.2 Å². The van der Waals surface area contributed by atoms with Gasteiger partial charge in [-0.15, -0.1) is 0 Å². The molecule has 2 rings (SSSR count). The quantitative estimate of drug-likeness (QED) is 0.744. The van der Waals surface area contributed by atoms with Gasteiger partial charge in [0.1, 0.15) is 5.78 Å². The first-order valence-corrected chi connectivity index (χ1v) is 8.99. The molecule has 0 saturated heterocycles. The number of carbonyl (C=O) groups is 2. The molecular formula is C20H20ClF3N2O2. The molecule has 1 N–H and O–H groups in total. The molecule has 0 spiro atoms. The lowest BCUT2D eigenvalue weighted by Crippen LogP contribution is -2.24. The fourth-order valence-corrected chi connectivity index (χ4v) is 2.75. The highest BCUT2D eigenvalue weighted by Gasteiger charge is 2.33. The van der Waals surface area contributed by atoms with Gasteiger partial charge < -0.3 is 5.32 Å². The third-order valence-corrected chi connectivity index (χ3v) is 4.39. The largest absolute Gasteiger partial charge is 0.417 e. The Morgan fingerprint density at radius 2 is 1.86 bits per heavy atom. The lowest BCUT2D eigenvalue weighted by Gasteiger charge is -2.12. The first-order chi connectivity index (χ1) is 13.0. The SMILES string of the molecule is Cc1cc(C(=O)NCc2ccc(Cl)c(C(F)(F)F)c2)cc(CC(=O)C(C)C)n1. The van der Waals surface area contributed by atoms with E-state index in [0.717, 1.165) is 12.1 Å². The van der Waals surface area contributed by atoms with Crippen LogP contribution in [0.3, 0.4) is 0 Å². The zero-order valence-corrected chi connectivity index (χ0v) is 16.4. The number of nitrogens with one attached hydrogen (secondary N) is 1. The third kappa shape index (κ3) is 5.79. The maximum Gasteiger partial charge on any atom is 0.417 e. The molecule has 8 heteroatoms. The van der Waals surface area contributed by atoms with E-state index < -0.39 is 22.7 Å². The lowest BCUT2D eigenvalue weighted by atomic mass is 10.0. The highest BCUT2D eigenvalue weighted by atomic mass is 35.5. The van der Waals surface area contributed by atoms with Gasteiger partial charge in [0, 0.05) is 35.8 Å². The minimum absolute atomic E-state index is 0.00491. The Labute approximate surface area is 166 Å². The number of benzene rings is 1. The number of hydrogen-bond acceptors (Lipinski definition) is 3. The summed E-state index contributed by atoms with van der Waals surface area (Å²) in [6.45, 7) is 5.18. The lowest BCUT2D eigenvalue weighted by molar-refractivity contribution is -0.137. The molecule has 1 aromatic carbocycles. The molecule has 0 radical (unpaired) electrons. The van der Waals surface area contributed by atoms with Crippen LogP contribution in [0.5, 0.6) is 0 Å². The number of ketones is 1. The second-order valence-corrected chi connectivity index (χ2v) is 7.19. The van der Waals surface area contributed by atoms with Gasteiger partial charge in [-0.3, -0.25) is 14.6 Å². The Kier molecular flexibility index (Phi) is 6.82. The van der Waals surface area contributed by atoms with Crippen LogP contribution in [-0.4, -0.2) is 16.7 Å². The Bertz CT molecular complexity index is 896. The summed E-state index contributed by atoms with van der Waals surface area (Å²) in [5.41, 5.74) is 0.671. The third-order valence-electron chi connectivity index (χ3n) is 4.06. The standard InChI is InChI=1S/C20H20ClF3N2O2/c1-11(2)18(27)9-15-8-14(6-12(3)26-15)19(28)25-10-13-4-5-17(21)16(7-13)20(22,23)24/h4-8,11H,9-10H2,1-3H3,(H,25,28). The molecule has 0 aliphatic carbocycles. The van der Waals surface area contributed by atoms with Crippen LogP contribution in [-0.2, 0) is 23.9 Å². The monoisotopic (exact) mass is 412 g/mol. The molecule has 0 unspecified atom stereocenters. The summed E-state index contributed by atoms with van der Waals surface area (Å²) >= 11 is 5.60. The molecule has 1 aromatic heterocycles. The zero-order chi connectivity index (χ0) is 21.1. The van der Waals surface area contributed by atoms with Gasteiger partial charge in [0.25, 0.3) is 5.91 Å². The second kappa shape index (κ2) is 8.73. The summed E-state index contributed by atoms with van der Waals surface area (Å²) in [5, 5.41) is 2.19. The summed E-state index contributed by atoms with van der Waals surface area (Å²) in [6.07, 6.45) is -4.46. The number of alkyl halides is 3. The fraction of sp³-hybridized carbons (Fsp3) is 0.350. The number of aryl methyl sites for hydroxylation is 1. The smallest absolute Gasteiger partial charge is 0.348 e. The number of amides is 1. The molecule has 0 aliphatic rings. The fourth-order valence-electron chi connectivity index (χ4n) is 2.53. The van der Waals surface area contributed by atoms with E-state index in [0.29, 0.717) is 17.0 Å². The van der Waals surface area contributed by atoms with E-state index in [9.17, 15) is 22.8 Å². The van der Waals surface area contributed by atoms with Crippen LogP contribution >= 0.6 is 11.6 Å². The van der Waals surface area contributed by atoms with E-state index in [-0.39, 0.29) is 30.2 Å². The van der Waals surface area contributed by atoms with Crippen LogP contribution in [0, 0.1) is 12.8 Å². The van der Waals surface area contributed by atoms with Crippen molar-refractivity contribution in [2.45, 2.75) is 39.9 Å². The van der Waals surface area contributed by atoms with Gasteiger partial charge in [-0.1, -0.05) is 31.5 Å². The highest BCUT2D eigenvalue weighted by molar-refractivity contribution is 6.31. The van der Waals surface area contributed by atoms with Crippen molar-refractivity contribution in [1.29, 1.82) is 0 Å². The summed E-state index contributed by atoms with van der Waals surface area (Å²) in [7, 11) is 0. The maximum absolute atomic E-state index is 12.9. The van der Waals surface area contributed by atoms with Crippen LogP contribution in [0.2, 0.25) is 5.02 Å². The van der Waals surface area contributed by atoms with Crippen molar-refractivity contribution >= 4 is 23.3 Å². The summed E-state index contributed by atoms with van der Waals surface area (Å²) in [4.78, 5) is 28.6. The average molecular weight is 413 g/mol. The van der Waals surface area contributed by atoms with Gasteiger partial charge in [0.2, 0.25) is 0 Å². The number of halogens is 4. The Balaban J connectivity index is 2.13. The molecule has 0 aliphatic heterocycles. The second-order valence-electron chi connectivity index (χ2n) is 6.78. The topological polar surface area (TPSA) is 59.1 Å². The molecule has 0 bridgehead atoms. The number of hydrogen-bond donors (Lipinski definition) is 1. The zero-order valence-electron chi connectivity index (χ0n) is 15.7. The summed E-state index contributed by atoms with van der Waals surface area (Å²) in [5.74, 6) is -0.607. The molecule has 2 aromatic rings. The van der Waals surface area contributed by atoms with Crippen molar-refractivity contribution in [3.05, 3.63) is 63.4 Å². The van der Waals surface area contributed by atoms with Crippen LogP contribution in [0.15, 0.2) is 30.3 Å². The van der Waals surface area contributed by atoms with E-state index in [1.807, 2.05) is 0 Å². The molecule has 0 saturated carbocycles.